The van der Waals surface area contributed by atoms with Gasteiger partial charge in [-0.05, 0) is 43.5 Å². The normalized spacial score (nSPS) is 10.5. The molecule has 0 unspecified atom stereocenters. The number of nitrogens with zero attached hydrogens (tertiary/aromatic N) is 2. The number of aryl methyl sites for hydroxylation is 3. The maximum atomic E-state index is 5.65. The molecule has 0 aliphatic rings. The average molecular weight is 257 g/mol. The summed E-state index contributed by atoms with van der Waals surface area (Å²) in [6, 6.07) is 6.21. The van der Waals surface area contributed by atoms with Crippen LogP contribution in [0, 0.1) is 20.8 Å². The molecule has 4 heteroatoms. The van der Waals surface area contributed by atoms with Gasteiger partial charge in [0.2, 0.25) is 5.95 Å². The first-order valence-corrected chi connectivity index (χ1v) is 6.24. The van der Waals surface area contributed by atoms with Crippen molar-refractivity contribution in [2.75, 3.05) is 12.8 Å². The minimum absolute atomic E-state index is 0.328. The standard InChI is InChI=1S/C15H19N3O/c1-9-5-6-12(14(7-9)19-4)8-13-10(2)17-15(16)18-11(13)3/h5-7H,8H2,1-4H3,(H2,16,17,18). The van der Waals surface area contributed by atoms with Gasteiger partial charge in [-0.3, -0.25) is 0 Å². The van der Waals surface area contributed by atoms with E-state index in [9.17, 15) is 0 Å². The lowest BCUT2D eigenvalue weighted by molar-refractivity contribution is 0.410. The average Bonchev–Trinajstić information content (AvgIpc) is 2.35. The van der Waals surface area contributed by atoms with Crippen LogP contribution < -0.4 is 10.5 Å². The van der Waals surface area contributed by atoms with Crippen LogP contribution in [0.5, 0.6) is 5.75 Å². The molecule has 1 heterocycles. The Morgan fingerprint density at radius 3 is 2.32 bits per heavy atom. The number of methoxy groups -OCH3 is 1. The molecule has 0 aliphatic carbocycles. The fourth-order valence-corrected chi connectivity index (χ4v) is 2.21. The topological polar surface area (TPSA) is 61.0 Å². The number of benzene rings is 1. The highest BCUT2D eigenvalue weighted by Gasteiger charge is 2.11. The third kappa shape index (κ3) is 2.84. The maximum Gasteiger partial charge on any atom is 0.220 e. The summed E-state index contributed by atoms with van der Waals surface area (Å²) in [5, 5.41) is 0. The van der Waals surface area contributed by atoms with Crippen LogP contribution in [-0.2, 0) is 6.42 Å². The van der Waals surface area contributed by atoms with E-state index in [1.54, 1.807) is 7.11 Å². The van der Waals surface area contributed by atoms with Gasteiger partial charge in [-0.25, -0.2) is 9.97 Å². The summed E-state index contributed by atoms with van der Waals surface area (Å²) in [5.41, 5.74) is 10.9. The van der Waals surface area contributed by atoms with E-state index < -0.39 is 0 Å². The SMILES string of the molecule is COc1cc(C)ccc1Cc1c(C)nc(N)nc1C. The zero-order chi connectivity index (χ0) is 14.0. The number of hydrogen-bond donors (Lipinski definition) is 1. The van der Waals surface area contributed by atoms with Crippen molar-refractivity contribution >= 4 is 5.95 Å². The second-order valence-electron chi connectivity index (χ2n) is 4.72. The summed E-state index contributed by atoms with van der Waals surface area (Å²) in [5.74, 6) is 1.23. The summed E-state index contributed by atoms with van der Waals surface area (Å²) >= 11 is 0. The van der Waals surface area contributed by atoms with E-state index in [-0.39, 0.29) is 0 Å². The van der Waals surface area contributed by atoms with E-state index in [0.29, 0.717) is 5.95 Å². The molecule has 100 valence electrons. The summed E-state index contributed by atoms with van der Waals surface area (Å²) < 4.78 is 5.44. The number of nitrogens with two attached hydrogens (primary N) is 1. The van der Waals surface area contributed by atoms with Gasteiger partial charge in [0.1, 0.15) is 5.75 Å². The van der Waals surface area contributed by atoms with Crippen molar-refractivity contribution in [3.8, 4) is 5.75 Å². The van der Waals surface area contributed by atoms with E-state index >= 15 is 0 Å². The second kappa shape index (κ2) is 5.26. The third-order valence-electron chi connectivity index (χ3n) is 3.25. The first-order valence-electron chi connectivity index (χ1n) is 6.24. The molecule has 19 heavy (non-hydrogen) atoms. The molecule has 2 N–H and O–H groups in total. The molecule has 0 saturated heterocycles. The van der Waals surface area contributed by atoms with Gasteiger partial charge in [0.05, 0.1) is 7.11 Å². The zero-order valence-electron chi connectivity index (χ0n) is 11.8. The van der Waals surface area contributed by atoms with Crippen LogP contribution in [0.25, 0.3) is 0 Å². The summed E-state index contributed by atoms with van der Waals surface area (Å²) in [4.78, 5) is 8.46. The molecule has 0 spiro atoms. The van der Waals surface area contributed by atoms with Crippen molar-refractivity contribution in [1.29, 1.82) is 0 Å². The second-order valence-corrected chi connectivity index (χ2v) is 4.72. The highest BCUT2D eigenvalue weighted by Crippen LogP contribution is 2.25. The van der Waals surface area contributed by atoms with E-state index in [0.717, 1.165) is 34.7 Å². The molecule has 0 saturated carbocycles. The van der Waals surface area contributed by atoms with Gasteiger partial charge in [0.25, 0.3) is 0 Å². The molecular formula is C15H19N3O. The molecule has 4 nitrogen and oxygen atoms in total. The number of hydrogen-bond acceptors (Lipinski definition) is 4. The van der Waals surface area contributed by atoms with Crippen molar-refractivity contribution in [3.63, 3.8) is 0 Å². The van der Waals surface area contributed by atoms with Gasteiger partial charge in [0.15, 0.2) is 0 Å². The van der Waals surface area contributed by atoms with E-state index in [1.165, 1.54) is 5.56 Å². The predicted molar refractivity (Wildman–Crippen MR) is 76.5 cm³/mol. The number of aromatic nitrogens is 2. The Morgan fingerprint density at radius 2 is 1.74 bits per heavy atom. The molecule has 1 aromatic carbocycles. The monoisotopic (exact) mass is 257 g/mol. The Kier molecular flexibility index (Phi) is 3.69. The molecular weight excluding hydrogens is 238 g/mol. The molecule has 0 bridgehead atoms. The quantitative estimate of drug-likeness (QED) is 0.918. The number of ether oxygens (including phenoxy) is 1. The molecule has 0 atom stereocenters. The van der Waals surface area contributed by atoms with Gasteiger partial charge < -0.3 is 10.5 Å². The van der Waals surface area contributed by atoms with Crippen LogP contribution in [0.2, 0.25) is 0 Å². The number of nitrogen functional groups attached to an aromatic ring is 1. The highest BCUT2D eigenvalue weighted by atomic mass is 16.5. The third-order valence-corrected chi connectivity index (χ3v) is 3.25. The van der Waals surface area contributed by atoms with Crippen molar-refractivity contribution in [1.82, 2.24) is 9.97 Å². The van der Waals surface area contributed by atoms with Crippen LogP contribution in [0.15, 0.2) is 18.2 Å². The first kappa shape index (κ1) is 13.3. The smallest absolute Gasteiger partial charge is 0.220 e. The van der Waals surface area contributed by atoms with E-state index in [1.807, 2.05) is 19.9 Å². The van der Waals surface area contributed by atoms with Crippen LogP contribution in [0.4, 0.5) is 5.95 Å². The Bertz CT molecular complexity index is 585. The molecule has 2 aromatic rings. The minimum atomic E-state index is 0.328. The van der Waals surface area contributed by atoms with Crippen LogP contribution in [-0.4, -0.2) is 17.1 Å². The minimum Gasteiger partial charge on any atom is -0.496 e. The number of anilines is 1. The Morgan fingerprint density at radius 1 is 1.11 bits per heavy atom. The van der Waals surface area contributed by atoms with Crippen LogP contribution in [0.3, 0.4) is 0 Å². The summed E-state index contributed by atoms with van der Waals surface area (Å²) in [6.45, 7) is 5.97. The lowest BCUT2D eigenvalue weighted by Crippen LogP contribution is -2.06. The fourth-order valence-electron chi connectivity index (χ4n) is 2.21. The van der Waals surface area contributed by atoms with E-state index in [2.05, 4.69) is 29.0 Å². The van der Waals surface area contributed by atoms with Gasteiger partial charge >= 0.3 is 0 Å². The van der Waals surface area contributed by atoms with Gasteiger partial charge in [-0.2, -0.15) is 0 Å². The summed E-state index contributed by atoms with van der Waals surface area (Å²) in [7, 11) is 1.69. The maximum absolute atomic E-state index is 5.65. The number of rotatable bonds is 3. The Balaban J connectivity index is 2.42. The highest BCUT2D eigenvalue weighted by molar-refractivity contribution is 5.42. The largest absolute Gasteiger partial charge is 0.496 e. The Labute approximate surface area is 113 Å². The lowest BCUT2D eigenvalue weighted by Gasteiger charge is -2.12. The Hall–Kier alpha value is -2.10. The van der Waals surface area contributed by atoms with Crippen molar-refractivity contribution in [2.45, 2.75) is 27.2 Å². The van der Waals surface area contributed by atoms with Crippen molar-refractivity contribution in [3.05, 3.63) is 46.3 Å². The molecule has 0 fully saturated rings. The predicted octanol–water partition coefficient (Wildman–Crippen LogP) is 2.58. The molecule has 0 radical (unpaired) electrons. The van der Waals surface area contributed by atoms with Crippen LogP contribution >= 0.6 is 0 Å². The first-order chi connectivity index (χ1) is 9.01. The molecule has 2 rings (SSSR count). The fraction of sp³-hybridized carbons (Fsp3) is 0.333. The van der Waals surface area contributed by atoms with Gasteiger partial charge in [-0.1, -0.05) is 12.1 Å². The van der Waals surface area contributed by atoms with Crippen molar-refractivity contribution in [2.24, 2.45) is 0 Å². The van der Waals surface area contributed by atoms with Gasteiger partial charge in [0, 0.05) is 17.8 Å². The molecule has 0 amide bonds. The van der Waals surface area contributed by atoms with Crippen molar-refractivity contribution < 1.29 is 4.74 Å². The van der Waals surface area contributed by atoms with Gasteiger partial charge in [-0.15, -0.1) is 0 Å². The van der Waals surface area contributed by atoms with E-state index in [4.69, 9.17) is 10.5 Å². The van der Waals surface area contributed by atoms with Crippen LogP contribution in [0.1, 0.15) is 28.1 Å². The molecule has 1 aromatic heterocycles. The lowest BCUT2D eigenvalue weighted by atomic mass is 10.0. The molecule has 0 aliphatic heterocycles. The summed E-state index contributed by atoms with van der Waals surface area (Å²) in [6.07, 6.45) is 0.751. The zero-order valence-corrected chi connectivity index (χ0v) is 11.8.